The van der Waals surface area contributed by atoms with Crippen LogP contribution < -0.4 is 5.32 Å². The van der Waals surface area contributed by atoms with Crippen LogP contribution in [0.15, 0.2) is 16.6 Å². The lowest BCUT2D eigenvalue weighted by Gasteiger charge is -2.28. The lowest BCUT2D eigenvalue weighted by Crippen LogP contribution is -2.27. The predicted octanol–water partition coefficient (Wildman–Crippen LogP) is 5.20. The van der Waals surface area contributed by atoms with Crippen LogP contribution in [0.2, 0.25) is 0 Å². The average Bonchev–Trinajstić information content (AvgIpc) is 3.06. The van der Waals surface area contributed by atoms with Gasteiger partial charge >= 0.3 is 0 Å². The Hall–Kier alpha value is -0.480. The summed E-state index contributed by atoms with van der Waals surface area (Å²) in [4.78, 5) is 0. The van der Waals surface area contributed by atoms with Crippen LogP contribution in [0.25, 0.3) is 0 Å². The van der Waals surface area contributed by atoms with Gasteiger partial charge in [-0.3, -0.25) is 0 Å². The molecule has 2 fully saturated rings. The lowest BCUT2D eigenvalue weighted by atomic mass is 9.82. The van der Waals surface area contributed by atoms with Crippen molar-refractivity contribution in [2.75, 3.05) is 6.54 Å². The van der Waals surface area contributed by atoms with Crippen molar-refractivity contribution in [1.82, 2.24) is 5.32 Å². The predicted molar refractivity (Wildman–Crippen MR) is 84.0 cm³/mol. The first-order valence-electron chi connectivity index (χ1n) is 7.96. The maximum Gasteiger partial charge on any atom is 0.145 e. The average molecular weight is 358 g/mol. The SMILES string of the molecule is CCNC(CC1CC2CCC1C2)c1c(F)ccc(Br)c1F. The van der Waals surface area contributed by atoms with Crippen molar-refractivity contribution >= 4 is 15.9 Å². The molecule has 4 heteroatoms. The molecule has 0 heterocycles. The molecule has 0 saturated heterocycles. The first-order valence-corrected chi connectivity index (χ1v) is 8.76. The third-order valence-electron chi connectivity index (χ3n) is 5.30. The molecule has 2 bridgehead atoms. The van der Waals surface area contributed by atoms with E-state index in [-0.39, 0.29) is 11.6 Å². The van der Waals surface area contributed by atoms with Gasteiger partial charge in [0.1, 0.15) is 11.6 Å². The zero-order valence-electron chi connectivity index (χ0n) is 12.3. The first-order chi connectivity index (χ1) is 10.1. The minimum absolute atomic E-state index is 0.203. The molecular weight excluding hydrogens is 336 g/mol. The Morgan fingerprint density at radius 3 is 2.71 bits per heavy atom. The largest absolute Gasteiger partial charge is 0.310 e. The number of hydrogen-bond acceptors (Lipinski definition) is 1. The van der Waals surface area contributed by atoms with Gasteiger partial charge in [0.25, 0.3) is 0 Å². The van der Waals surface area contributed by atoms with E-state index in [1.54, 1.807) is 0 Å². The summed E-state index contributed by atoms with van der Waals surface area (Å²) in [7, 11) is 0. The summed E-state index contributed by atoms with van der Waals surface area (Å²) in [6.45, 7) is 2.71. The number of rotatable bonds is 5. The molecule has 1 aromatic carbocycles. The third-order valence-corrected chi connectivity index (χ3v) is 5.91. The number of halogens is 3. The molecule has 3 rings (SSSR count). The number of nitrogens with one attached hydrogen (secondary N) is 1. The normalized spacial score (nSPS) is 29.0. The smallest absolute Gasteiger partial charge is 0.145 e. The Morgan fingerprint density at radius 2 is 2.10 bits per heavy atom. The van der Waals surface area contributed by atoms with Crippen molar-refractivity contribution in [3.8, 4) is 0 Å². The molecule has 0 spiro atoms. The fourth-order valence-electron chi connectivity index (χ4n) is 4.38. The second kappa shape index (κ2) is 6.33. The van der Waals surface area contributed by atoms with Crippen LogP contribution in [0.3, 0.4) is 0 Å². The second-order valence-corrected chi connectivity index (χ2v) is 7.39. The summed E-state index contributed by atoms with van der Waals surface area (Å²) in [5.41, 5.74) is 0.203. The summed E-state index contributed by atoms with van der Waals surface area (Å²) in [5, 5.41) is 3.29. The standard InChI is InChI=1S/C17H22BrF2N/c1-2-21-15(9-12-8-10-3-4-11(12)7-10)16-14(19)6-5-13(18)17(16)20/h5-6,10-12,15,21H,2-4,7-9H2,1H3. The maximum absolute atomic E-state index is 14.4. The summed E-state index contributed by atoms with van der Waals surface area (Å²) in [6.07, 6.45) is 6.07. The van der Waals surface area contributed by atoms with Crippen molar-refractivity contribution in [2.24, 2.45) is 17.8 Å². The Labute approximate surface area is 133 Å². The van der Waals surface area contributed by atoms with Crippen molar-refractivity contribution in [3.63, 3.8) is 0 Å². The Balaban J connectivity index is 1.83. The molecule has 2 saturated carbocycles. The molecule has 0 radical (unpaired) electrons. The summed E-state index contributed by atoms with van der Waals surface area (Å²) in [6, 6.07) is 2.57. The van der Waals surface area contributed by atoms with E-state index in [2.05, 4.69) is 21.2 Å². The Kier molecular flexibility index (Phi) is 4.65. The molecule has 0 aliphatic heterocycles. The summed E-state index contributed by atoms with van der Waals surface area (Å²) >= 11 is 3.18. The van der Waals surface area contributed by atoms with E-state index < -0.39 is 11.6 Å². The molecule has 0 amide bonds. The van der Waals surface area contributed by atoms with E-state index in [4.69, 9.17) is 0 Å². The van der Waals surface area contributed by atoms with E-state index in [0.717, 1.165) is 24.8 Å². The Morgan fingerprint density at radius 1 is 1.29 bits per heavy atom. The van der Waals surface area contributed by atoms with E-state index in [9.17, 15) is 8.78 Å². The molecule has 1 N–H and O–H groups in total. The van der Waals surface area contributed by atoms with Gasteiger partial charge in [0.2, 0.25) is 0 Å². The van der Waals surface area contributed by atoms with Gasteiger partial charge in [-0.05, 0) is 78.0 Å². The van der Waals surface area contributed by atoms with Crippen LogP contribution in [-0.2, 0) is 0 Å². The highest BCUT2D eigenvalue weighted by atomic mass is 79.9. The molecular formula is C17H22BrF2N. The number of fused-ring (bicyclic) bond motifs is 2. The van der Waals surface area contributed by atoms with Crippen LogP contribution >= 0.6 is 15.9 Å². The fraction of sp³-hybridized carbons (Fsp3) is 0.647. The van der Waals surface area contributed by atoms with Gasteiger partial charge in [-0.1, -0.05) is 13.3 Å². The molecule has 2 aliphatic rings. The molecule has 21 heavy (non-hydrogen) atoms. The van der Waals surface area contributed by atoms with Crippen LogP contribution in [0.5, 0.6) is 0 Å². The van der Waals surface area contributed by atoms with Crippen LogP contribution in [0, 0.1) is 29.4 Å². The molecule has 4 unspecified atom stereocenters. The van der Waals surface area contributed by atoms with E-state index in [0.29, 0.717) is 10.4 Å². The summed E-state index contributed by atoms with van der Waals surface area (Å²) < 4.78 is 28.9. The topological polar surface area (TPSA) is 12.0 Å². The Bertz CT molecular complexity index is 520. The van der Waals surface area contributed by atoms with E-state index >= 15 is 0 Å². The maximum atomic E-state index is 14.4. The van der Waals surface area contributed by atoms with Gasteiger partial charge in [0.05, 0.1) is 4.47 Å². The zero-order chi connectivity index (χ0) is 15.0. The van der Waals surface area contributed by atoms with Crippen LogP contribution in [0.1, 0.15) is 50.6 Å². The monoisotopic (exact) mass is 357 g/mol. The van der Waals surface area contributed by atoms with Gasteiger partial charge < -0.3 is 5.32 Å². The van der Waals surface area contributed by atoms with Crippen molar-refractivity contribution in [3.05, 3.63) is 33.8 Å². The van der Waals surface area contributed by atoms with Gasteiger partial charge in [-0.2, -0.15) is 0 Å². The third kappa shape index (κ3) is 3.02. The number of benzene rings is 1. The van der Waals surface area contributed by atoms with Crippen molar-refractivity contribution in [1.29, 1.82) is 0 Å². The highest BCUT2D eigenvalue weighted by molar-refractivity contribution is 9.10. The quantitative estimate of drug-likeness (QED) is 0.713. The molecule has 116 valence electrons. The van der Waals surface area contributed by atoms with Gasteiger partial charge in [0.15, 0.2) is 0 Å². The fourth-order valence-corrected chi connectivity index (χ4v) is 4.73. The number of hydrogen-bond donors (Lipinski definition) is 1. The lowest BCUT2D eigenvalue weighted by molar-refractivity contribution is 0.275. The molecule has 2 aliphatic carbocycles. The van der Waals surface area contributed by atoms with Gasteiger partial charge in [-0.25, -0.2) is 8.78 Å². The van der Waals surface area contributed by atoms with Crippen LogP contribution in [0.4, 0.5) is 8.78 Å². The second-order valence-electron chi connectivity index (χ2n) is 6.54. The molecule has 1 aromatic rings. The first kappa shape index (κ1) is 15.4. The minimum atomic E-state index is -0.455. The molecule has 4 atom stereocenters. The van der Waals surface area contributed by atoms with E-state index in [1.807, 2.05) is 6.92 Å². The zero-order valence-corrected chi connectivity index (χ0v) is 13.9. The summed E-state index contributed by atoms with van der Waals surface area (Å²) in [5.74, 6) is 1.36. The highest BCUT2D eigenvalue weighted by Gasteiger charge is 2.40. The highest BCUT2D eigenvalue weighted by Crippen LogP contribution is 2.51. The van der Waals surface area contributed by atoms with Crippen molar-refractivity contribution in [2.45, 2.75) is 45.1 Å². The van der Waals surface area contributed by atoms with Crippen LogP contribution in [-0.4, -0.2) is 6.54 Å². The van der Waals surface area contributed by atoms with E-state index in [1.165, 1.54) is 37.8 Å². The van der Waals surface area contributed by atoms with Crippen molar-refractivity contribution < 1.29 is 8.78 Å². The molecule has 1 nitrogen and oxygen atoms in total. The minimum Gasteiger partial charge on any atom is -0.310 e. The van der Waals surface area contributed by atoms with Gasteiger partial charge in [-0.15, -0.1) is 0 Å². The molecule has 0 aromatic heterocycles. The van der Waals surface area contributed by atoms with Gasteiger partial charge in [0, 0.05) is 11.6 Å².